The average molecular weight is 306 g/mol. The van der Waals surface area contributed by atoms with Crippen molar-refractivity contribution in [2.45, 2.75) is 19.4 Å². The van der Waals surface area contributed by atoms with E-state index in [1.165, 1.54) is 11.3 Å². The fourth-order valence-corrected chi connectivity index (χ4v) is 2.63. The number of benzene rings is 1. The number of nitrogens with one attached hydrogen (secondary N) is 1. The van der Waals surface area contributed by atoms with Gasteiger partial charge in [-0.3, -0.25) is 4.79 Å². The lowest BCUT2D eigenvalue weighted by molar-refractivity contribution is -0.121. The van der Waals surface area contributed by atoms with Crippen LogP contribution >= 0.6 is 11.3 Å². The minimum Gasteiger partial charge on any atom is -0.454 e. The van der Waals surface area contributed by atoms with E-state index in [0.29, 0.717) is 21.6 Å². The van der Waals surface area contributed by atoms with Crippen LogP contribution in [0.15, 0.2) is 18.2 Å². The molecule has 0 aliphatic carbocycles. The molecule has 0 fully saturated rings. The fraction of sp³-hybridized carbons (Fsp3) is 0.308. The predicted octanol–water partition coefficient (Wildman–Crippen LogP) is 1.27. The van der Waals surface area contributed by atoms with Crippen LogP contribution in [0.3, 0.4) is 0 Å². The van der Waals surface area contributed by atoms with Crippen LogP contribution in [0.5, 0.6) is 11.5 Å². The third kappa shape index (κ3) is 3.05. The van der Waals surface area contributed by atoms with Crippen molar-refractivity contribution >= 4 is 22.4 Å². The molecule has 0 bridgehead atoms. The molecule has 8 heteroatoms. The maximum atomic E-state index is 12.0. The number of carbonyl (C=O) groups is 1. The smallest absolute Gasteiger partial charge is 0.231 e. The molecule has 3 N–H and O–H groups in total. The SMILES string of the molecule is C[C@H](NC(=O)Cc1ccc2c(c1)OCO2)c1nnc(N)s1. The van der Waals surface area contributed by atoms with Crippen LogP contribution in [0.2, 0.25) is 0 Å². The molecule has 1 aliphatic rings. The molecule has 2 heterocycles. The van der Waals surface area contributed by atoms with E-state index in [2.05, 4.69) is 15.5 Å². The zero-order valence-electron chi connectivity index (χ0n) is 11.3. The van der Waals surface area contributed by atoms with Gasteiger partial charge in [-0.2, -0.15) is 0 Å². The van der Waals surface area contributed by atoms with Gasteiger partial charge in [0.05, 0.1) is 12.5 Å². The quantitative estimate of drug-likeness (QED) is 0.882. The summed E-state index contributed by atoms with van der Waals surface area (Å²) in [7, 11) is 0. The van der Waals surface area contributed by atoms with Crippen molar-refractivity contribution in [2.75, 3.05) is 12.5 Å². The third-order valence-electron chi connectivity index (χ3n) is 3.01. The summed E-state index contributed by atoms with van der Waals surface area (Å²) in [5.74, 6) is 1.28. The second-order valence-corrected chi connectivity index (χ2v) is 5.67. The summed E-state index contributed by atoms with van der Waals surface area (Å²) in [5, 5.41) is 11.6. The highest BCUT2D eigenvalue weighted by molar-refractivity contribution is 7.15. The molecule has 0 unspecified atom stereocenters. The zero-order chi connectivity index (χ0) is 14.8. The number of hydrogen-bond acceptors (Lipinski definition) is 7. The lowest BCUT2D eigenvalue weighted by Gasteiger charge is -2.10. The number of nitrogens with two attached hydrogens (primary N) is 1. The highest BCUT2D eigenvalue weighted by Gasteiger charge is 2.17. The predicted molar refractivity (Wildman–Crippen MR) is 77.1 cm³/mol. The first kappa shape index (κ1) is 13.6. The first-order chi connectivity index (χ1) is 10.1. The van der Waals surface area contributed by atoms with Crippen molar-refractivity contribution in [3.8, 4) is 11.5 Å². The number of rotatable bonds is 4. The molecule has 0 spiro atoms. The van der Waals surface area contributed by atoms with E-state index in [4.69, 9.17) is 15.2 Å². The molecular weight excluding hydrogens is 292 g/mol. The van der Waals surface area contributed by atoms with Gasteiger partial charge in [0.15, 0.2) is 11.5 Å². The molecule has 110 valence electrons. The number of ether oxygens (including phenoxy) is 2. The summed E-state index contributed by atoms with van der Waals surface area (Å²) in [6.07, 6.45) is 0.259. The number of nitrogens with zero attached hydrogens (tertiary/aromatic N) is 2. The van der Waals surface area contributed by atoms with Gasteiger partial charge in [-0.25, -0.2) is 0 Å². The molecule has 21 heavy (non-hydrogen) atoms. The monoisotopic (exact) mass is 306 g/mol. The summed E-state index contributed by atoms with van der Waals surface area (Å²) in [6, 6.07) is 5.25. The lowest BCUT2D eigenvalue weighted by Crippen LogP contribution is -2.28. The highest BCUT2D eigenvalue weighted by Crippen LogP contribution is 2.32. The molecular formula is C13H14N4O3S. The Morgan fingerprint density at radius 3 is 3.00 bits per heavy atom. The van der Waals surface area contributed by atoms with Gasteiger partial charge in [0.2, 0.25) is 17.8 Å². The summed E-state index contributed by atoms with van der Waals surface area (Å²) < 4.78 is 10.5. The van der Waals surface area contributed by atoms with Gasteiger partial charge in [0.1, 0.15) is 5.01 Å². The van der Waals surface area contributed by atoms with Gasteiger partial charge in [0.25, 0.3) is 0 Å². The number of hydrogen-bond donors (Lipinski definition) is 2. The minimum atomic E-state index is -0.221. The average Bonchev–Trinajstić information content (AvgIpc) is 3.06. The van der Waals surface area contributed by atoms with Gasteiger partial charge in [0, 0.05) is 0 Å². The molecule has 7 nitrogen and oxygen atoms in total. The molecule has 0 radical (unpaired) electrons. The number of fused-ring (bicyclic) bond motifs is 1. The Balaban J connectivity index is 1.61. The van der Waals surface area contributed by atoms with Crippen LogP contribution in [0.4, 0.5) is 5.13 Å². The second kappa shape index (κ2) is 5.57. The molecule has 2 aromatic rings. The summed E-state index contributed by atoms with van der Waals surface area (Å²) in [5.41, 5.74) is 6.39. The Morgan fingerprint density at radius 1 is 1.43 bits per heavy atom. The molecule has 1 amide bonds. The Kier molecular flexibility index (Phi) is 3.61. The fourth-order valence-electron chi connectivity index (χ4n) is 2.01. The first-order valence-corrected chi connectivity index (χ1v) is 7.20. The van der Waals surface area contributed by atoms with Crippen molar-refractivity contribution in [1.29, 1.82) is 0 Å². The number of amides is 1. The van der Waals surface area contributed by atoms with Crippen molar-refractivity contribution in [3.05, 3.63) is 28.8 Å². The summed E-state index contributed by atoms with van der Waals surface area (Å²) in [6.45, 7) is 2.07. The summed E-state index contributed by atoms with van der Waals surface area (Å²) in [4.78, 5) is 12.0. The third-order valence-corrected chi connectivity index (χ3v) is 3.94. The van der Waals surface area contributed by atoms with Crippen LogP contribution in [-0.2, 0) is 11.2 Å². The van der Waals surface area contributed by atoms with Crippen LogP contribution in [0.1, 0.15) is 23.5 Å². The van der Waals surface area contributed by atoms with E-state index in [1.54, 1.807) is 6.07 Å². The topological polar surface area (TPSA) is 99.4 Å². The Labute approximate surface area is 125 Å². The van der Waals surface area contributed by atoms with Gasteiger partial charge in [-0.05, 0) is 24.6 Å². The number of nitrogen functional groups attached to an aromatic ring is 1. The highest BCUT2D eigenvalue weighted by atomic mass is 32.1. The number of anilines is 1. The lowest BCUT2D eigenvalue weighted by atomic mass is 10.1. The van der Waals surface area contributed by atoms with Gasteiger partial charge >= 0.3 is 0 Å². The van der Waals surface area contributed by atoms with Crippen molar-refractivity contribution in [3.63, 3.8) is 0 Å². The molecule has 1 atom stereocenters. The number of aromatic nitrogens is 2. The van der Waals surface area contributed by atoms with Gasteiger partial charge < -0.3 is 20.5 Å². The van der Waals surface area contributed by atoms with Crippen LogP contribution in [0, 0.1) is 0 Å². The Hall–Kier alpha value is -2.35. The molecule has 1 aromatic heterocycles. The second-order valence-electron chi connectivity index (χ2n) is 4.63. The Bertz CT molecular complexity index is 673. The van der Waals surface area contributed by atoms with Crippen LogP contribution in [-0.4, -0.2) is 22.9 Å². The van der Waals surface area contributed by atoms with E-state index < -0.39 is 0 Å². The van der Waals surface area contributed by atoms with Crippen LogP contribution in [0.25, 0.3) is 0 Å². The van der Waals surface area contributed by atoms with Gasteiger partial charge in [-0.1, -0.05) is 17.4 Å². The van der Waals surface area contributed by atoms with E-state index in [0.717, 1.165) is 5.56 Å². The van der Waals surface area contributed by atoms with Crippen molar-refractivity contribution < 1.29 is 14.3 Å². The standard InChI is InChI=1S/C13H14N4O3S/c1-7(12-16-17-13(14)21-12)15-11(18)5-8-2-3-9-10(4-8)20-6-19-9/h2-4,7H,5-6H2,1H3,(H2,14,17)(H,15,18)/t7-/m0/s1. The zero-order valence-corrected chi connectivity index (χ0v) is 12.1. The van der Waals surface area contributed by atoms with Crippen molar-refractivity contribution in [1.82, 2.24) is 15.5 Å². The molecule has 3 rings (SSSR count). The minimum absolute atomic E-state index is 0.102. The maximum Gasteiger partial charge on any atom is 0.231 e. The van der Waals surface area contributed by atoms with Crippen LogP contribution < -0.4 is 20.5 Å². The van der Waals surface area contributed by atoms with E-state index >= 15 is 0 Å². The molecule has 0 saturated carbocycles. The molecule has 1 aromatic carbocycles. The maximum absolute atomic E-state index is 12.0. The first-order valence-electron chi connectivity index (χ1n) is 6.38. The molecule has 1 aliphatic heterocycles. The largest absolute Gasteiger partial charge is 0.454 e. The van der Waals surface area contributed by atoms with Gasteiger partial charge in [-0.15, -0.1) is 10.2 Å². The van der Waals surface area contributed by atoms with E-state index in [9.17, 15) is 4.79 Å². The normalized spacial score (nSPS) is 14.0. The number of carbonyl (C=O) groups excluding carboxylic acids is 1. The van der Waals surface area contributed by atoms with E-state index in [1.807, 2.05) is 19.1 Å². The molecule has 0 saturated heterocycles. The van der Waals surface area contributed by atoms with E-state index in [-0.39, 0.29) is 25.2 Å². The Morgan fingerprint density at radius 2 is 2.24 bits per heavy atom. The van der Waals surface area contributed by atoms with Crippen molar-refractivity contribution in [2.24, 2.45) is 0 Å². The summed E-state index contributed by atoms with van der Waals surface area (Å²) >= 11 is 1.26.